The van der Waals surface area contributed by atoms with Crippen LogP contribution in [0.25, 0.3) is 0 Å². The molecule has 2 heterocycles. The van der Waals surface area contributed by atoms with E-state index >= 15 is 0 Å². The largest absolute Gasteiger partial charge is 0.356 e. The monoisotopic (exact) mass is 551 g/mol. The minimum atomic E-state index is 0. The van der Waals surface area contributed by atoms with Gasteiger partial charge in [0.25, 0.3) is 0 Å². The lowest BCUT2D eigenvalue weighted by Gasteiger charge is -2.32. The highest BCUT2D eigenvalue weighted by Gasteiger charge is 2.25. The predicted octanol–water partition coefficient (Wildman–Crippen LogP) is 4.37. The highest BCUT2D eigenvalue weighted by atomic mass is 127. The second-order valence-corrected chi connectivity index (χ2v) is 10.5. The smallest absolute Gasteiger partial charge is 0.191 e. The normalized spacial score (nSPS) is 23.8. The number of hydrogen-bond acceptors (Lipinski definition) is 5. The minimum Gasteiger partial charge on any atom is -0.356 e. The first-order valence-corrected chi connectivity index (χ1v) is 12.9. The maximum Gasteiger partial charge on any atom is 0.191 e. The molecule has 1 aromatic heterocycles. The van der Waals surface area contributed by atoms with Gasteiger partial charge in [0, 0.05) is 36.8 Å². The van der Waals surface area contributed by atoms with Crippen molar-refractivity contribution in [2.45, 2.75) is 70.2 Å². The Hall–Kier alpha value is -0.0600. The van der Waals surface area contributed by atoms with Gasteiger partial charge in [-0.05, 0) is 63.3 Å². The molecule has 1 aromatic rings. The summed E-state index contributed by atoms with van der Waals surface area (Å²) in [6.45, 7) is 8.84. The Morgan fingerprint density at radius 2 is 2.07 bits per heavy atom. The number of aliphatic imine (C=N–C) groups is 1. The van der Waals surface area contributed by atoms with Crippen molar-refractivity contribution in [1.29, 1.82) is 0 Å². The molecule has 0 amide bonds. The zero-order valence-corrected chi connectivity index (χ0v) is 22.1. The molecule has 2 unspecified atom stereocenters. The van der Waals surface area contributed by atoms with Gasteiger partial charge in [-0.1, -0.05) is 13.8 Å². The Bertz CT molecular complexity index is 616. The van der Waals surface area contributed by atoms with E-state index in [1.165, 1.54) is 61.6 Å². The van der Waals surface area contributed by atoms with Crippen LogP contribution in [0.4, 0.5) is 0 Å². The zero-order valence-electron chi connectivity index (χ0n) is 18.2. The summed E-state index contributed by atoms with van der Waals surface area (Å²) >= 11 is 3.91. The molecule has 2 fully saturated rings. The van der Waals surface area contributed by atoms with Crippen LogP contribution >= 0.6 is 47.1 Å². The van der Waals surface area contributed by atoms with Crippen molar-refractivity contribution in [1.82, 2.24) is 20.5 Å². The number of aromatic nitrogens is 1. The fourth-order valence-corrected chi connectivity index (χ4v) is 6.13. The summed E-state index contributed by atoms with van der Waals surface area (Å²) in [5.74, 6) is 2.96. The van der Waals surface area contributed by atoms with Gasteiger partial charge < -0.3 is 10.6 Å². The molecule has 1 saturated heterocycles. The van der Waals surface area contributed by atoms with E-state index in [4.69, 9.17) is 4.98 Å². The number of hydrogen-bond donors (Lipinski definition) is 2. The van der Waals surface area contributed by atoms with Crippen molar-refractivity contribution in [2.75, 3.05) is 32.4 Å². The quantitative estimate of drug-likeness (QED) is 0.286. The molecule has 0 spiro atoms. The molecule has 166 valence electrons. The van der Waals surface area contributed by atoms with Crippen molar-refractivity contribution in [2.24, 2.45) is 10.9 Å². The van der Waals surface area contributed by atoms with Crippen molar-refractivity contribution in [3.05, 3.63) is 16.1 Å². The van der Waals surface area contributed by atoms with Gasteiger partial charge >= 0.3 is 0 Å². The fraction of sp³-hybridized carbons (Fsp3) is 0.810. The number of rotatable bonds is 8. The third-order valence-corrected chi connectivity index (χ3v) is 8.18. The van der Waals surface area contributed by atoms with Gasteiger partial charge in [-0.3, -0.25) is 9.89 Å². The Kier molecular flexibility index (Phi) is 11.6. The van der Waals surface area contributed by atoms with Crippen LogP contribution in [0.1, 0.15) is 56.7 Å². The van der Waals surface area contributed by atoms with Gasteiger partial charge in [0.15, 0.2) is 5.96 Å². The molecule has 2 N–H and O–H groups in total. The van der Waals surface area contributed by atoms with E-state index in [0.717, 1.165) is 36.6 Å². The Balaban J connectivity index is 0.00000300. The van der Waals surface area contributed by atoms with Gasteiger partial charge in [-0.15, -0.1) is 35.3 Å². The molecule has 1 saturated carbocycles. The molecule has 5 nitrogen and oxygen atoms in total. The predicted molar refractivity (Wildman–Crippen MR) is 139 cm³/mol. The van der Waals surface area contributed by atoms with Crippen LogP contribution in [0.15, 0.2) is 10.4 Å². The first-order valence-electron chi connectivity index (χ1n) is 10.9. The lowest BCUT2D eigenvalue weighted by atomic mass is 9.97. The molecular weight excluding hydrogens is 513 g/mol. The molecule has 29 heavy (non-hydrogen) atoms. The summed E-state index contributed by atoms with van der Waals surface area (Å²) in [4.78, 5) is 11.7. The number of halogens is 1. The lowest BCUT2D eigenvalue weighted by molar-refractivity contribution is 0.176. The third kappa shape index (κ3) is 8.18. The van der Waals surface area contributed by atoms with Crippen LogP contribution in [0.5, 0.6) is 0 Å². The molecule has 0 aromatic carbocycles. The zero-order chi connectivity index (χ0) is 19.8. The molecule has 0 radical (unpaired) electrons. The molecule has 2 aliphatic rings. The molecule has 3 rings (SSSR count). The number of nitrogens with zero attached hydrogens (tertiary/aromatic N) is 3. The van der Waals surface area contributed by atoms with Crippen LogP contribution in [0.2, 0.25) is 0 Å². The van der Waals surface area contributed by atoms with Crippen LogP contribution < -0.4 is 10.6 Å². The topological polar surface area (TPSA) is 52.6 Å². The number of guanidine groups is 1. The minimum absolute atomic E-state index is 0. The Morgan fingerprint density at radius 3 is 2.72 bits per heavy atom. The number of thioether (sulfide) groups is 1. The highest BCUT2D eigenvalue weighted by molar-refractivity contribution is 14.0. The molecular formula is C21H38IN5S2. The number of likely N-dealkylation sites (tertiary alicyclic amines) is 1. The van der Waals surface area contributed by atoms with Crippen molar-refractivity contribution < 1.29 is 0 Å². The van der Waals surface area contributed by atoms with Gasteiger partial charge in [-0.25, -0.2) is 4.98 Å². The summed E-state index contributed by atoms with van der Waals surface area (Å²) in [6, 6.07) is 0.586. The highest BCUT2D eigenvalue weighted by Crippen LogP contribution is 2.29. The average molecular weight is 552 g/mol. The van der Waals surface area contributed by atoms with Crippen LogP contribution in [0.3, 0.4) is 0 Å². The Labute approximate surface area is 202 Å². The van der Waals surface area contributed by atoms with Crippen LogP contribution in [-0.2, 0) is 13.0 Å². The standard InChI is InChI=1S/C21H37N5S2.HI/c1-4-20-24-18(15-28-20)14-26-10-8-16(9-11-26)13-23-21(22-3)25-17-6-7-19(12-17)27-5-2;/h15-17,19H,4-14H2,1-3H3,(H2,22,23,25);1H. The van der Waals surface area contributed by atoms with E-state index in [0.29, 0.717) is 6.04 Å². The summed E-state index contributed by atoms with van der Waals surface area (Å²) in [5.41, 5.74) is 1.25. The first kappa shape index (κ1) is 25.2. The van der Waals surface area contributed by atoms with Crippen LogP contribution in [-0.4, -0.2) is 59.6 Å². The van der Waals surface area contributed by atoms with E-state index in [1.54, 1.807) is 11.3 Å². The SMILES string of the molecule is CCSC1CCC(NC(=NC)NCC2CCN(Cc3csc(CC)n3)CC2)C1.I. The molecule has 2 atom stereocenters. The second-order valence-electron chi connectivity index (χ2n) is 7.99. The van der Waals surface area contributed by atoms with Crippen LogP contribution in [0, 0.1) is 5.92 Å². The molecule has 8 heteroatoms. The summed E-state index contributed by atoms with van der Waals surface area (Å²) < 4.78 is 0. The number of piperidine rings is 1. The van der Waals surface area contributed by atoms with Crippen molar-refractivity contribution in [3.8, 4) is 0 Å². The molecule has 0 bridgehead atoms. The summed E-state index contributed by atoms with van der Waals surface area (Å²) in [5, 5.41) is 11.6. The van der Waals surface area contributed by atoms with Gasteiger partial charge in [0.2, 0.25) is 0 Å². The Morgan fingerprint density at radius 1 is 1.28 bits per heavy atom. The molecule has 1 aliphatic carbocycles. The number of nitrogens with one attached hydrogen (secondary N) is 2. The molecule has 1 aliphatic heterocycles. The van der Waals surface area contributed by atoms with Gasteiger partial charge in [-0.2, -0.15) is 11.8 Å². The maximum absolute atomic E-state index is 4.72. The summed E-state index contributed by atoms with van der Waals surface area (Å²) in [7, 11) is 1.89. The van der Waals surface area contributed by atoms with E-state index in [9.17, 15) is 0 Å². The third-order valence-electron chi connectivity index (χ3n) is 5.90. The summed E-state index contributed by atoms with van der Waals surface area (Å²) in [6.07, 6.45) is 7.44. The van der Waals surface area contributed by atoms with Crippen molar-refractivity contribution >= 4 is 53.0 Å². The first-order chi connectivity index (χ1) is 13.7. The van der Waals surface area contributed by atoms with E-state index < -0.39 is 0 Å². The van der Waals surface area contributed by atoms with Crippen molar-refractivity contribution in [3.63, 3.8) is 0 Å². The van der Waals surface area contributed by atoms with E-state index in [-0.39, 0.29) is 24.0 Å². The fourth-order valence-electron chi connectivity index (χ4n) is 4.25. The number of thiazole rings is 1. The van der Waals surface area contributed by atoms with Gasteiger partial charge in [0.05, 0.1) is 10.7 Å². The van der Waals surface area contributed by atoms with Gasteiger partial charge in [0.1, 0.15) is 0 Å². The second kappa shape index (κ2) is 13.4. The lowest BCUT2D eigenvalue weighted by Crippen LogP contribution is -2.45. The maximum atomic E-state index is 4.72. The van der Waals surface area contributed by atoms with E-state index in [2.05, 4.69) is 51.5 Å². The number of aryl methyl sites for hydroxylation is 1. The average Bonchev–Trinajstić information content (AvgIpc) is 3.36. The van der Waals surface area contributed by atoms with E-state index in [1.807, 2.05) is 7.05 Å².